The molecule has 2 N–H and O–H groups in total. The molecule has 4 heteroatoms. The Labute approximate surface area is 141 Å². The molecule has 0 fully saturated rings. The maximum absolute atomic E-state index is 14.9. The summed E-state index contributed by atoms with van der Waals surface area (Å²) in [6.45, 7) is 3.98. The molecule has 0 bridgehead atoms. The van der Waals surface area contributed by atoms with Gasteiger partial charge in [0.15, 0.2) is 0 Å². The normalized spacial score (nSPS) is 26.8. The number of benzene rings is 2. The quantitative estimate of drug-likeness (QED) is 0.806. The van der Waals surface area contributed by atoms with Crippen LogP contribution in [0.25, 0.3) is 0 Å². The molecule has 0 saturated carbocycles. The second-order valence-corrected chi connectivity index (χ2v) is 7.41. The topological polar surface area (TPSA) is 24.1 Å². The lowest BCUT2D eigenvalue weighted by molar-refractivity contribution is -0.101. The highest BCUT2D eigenvalue weighted by atomic mass is 19.3. The number of nitrogens with one attached hydrogen (secondary N) is 2. The summed E-state index contributed by atoms with van der Waals surface area (Å²) < 4.78 is 29.8. The zero-order valence-electron chi connectivity index (χ0n) is 13.9. The summed E-state index contributed by atoms with van der Waals surface area (Å²) >= 11 is 0. The zero-order valence-corrected chi connectivity index (χ0v) is 13.9. The van der Waals surface area contributed by atoms with E-state index < -0.39 is 11.5 Å². The summed E-state index contributed by atoms with van der Waals surface area (Å²) in [4.78, 5) is 0. The number of para-hydroxylation sites is 1. The first kappa shape index (κ1) is 15.6. The summed E-state index contributed by atoms with van der Waals surface area (Å²) in [5, 5.41) is 6.71. The van der Waals surface area contributed by atoms with Crippen molar-refractivity contribution in [2.75, 3.05) is 11.9 Å². The Morgan fingerprint density at radius 3 is 2.54 bits per heavy atom. The highest BCUT2D eigenvalue weighted by molar-refractivity contribution is 5.53. The van der Waals surface area contributed by atoms with Crippen LogP contribution in [-0.4, -0.2) is 12.1 Å². The Bertz CT molecular complexity index is 770. The molecule has 2 heterocycles. The Hall–Kier alpha value is -1.94. The SMILES string of the molecule is CC1(C)NC(C2CNc3ccccc3C2)c2ccccc2C1(F)F. The molecular weight excluding hydrogens is 306 g/mol. The van der Waals surface area contributed by atoms with Gasteiger partial charge >= 0.3 is 0 Å². The van der Waals surface area contributed by atoms with Crippen LogP contribution in [0.5, 0.6) is 0 Å². The molecule has 2 unspecified atom stereocenters. The first-order valence-corrected chi connectivity index (χ1v) is 8.47. The molecule has 0 spiro atoms. The molecule has 0 radical (unpaired) electrons. The highest BCUT2D eigenvalue weighted by Gasteiger charge is 2.55. The minimum absolute atomic E-state index is 0.0864. The monoisotopic (exact) mass is 328 g/mol. The van der Waals surface area contributed by atoms with Gasteiger partial charge in [-0.2, -0.15) is 8.78 Å². The lowest BCUT2D eigenvalue weighted by Crippen LogP contribution is -2.59. The maximum Gasteiger partial charge on any atom is 0.290 e. The first-order valence-electron chi connectivity index (χ1n) is 8.47. The van der Waals surface area contributed by atoms with Gasteiger partial charge in [-0.05, 0) is 43.4 Å². The van der Waals surface area contributed by atoms with Crippen molar-refractivity contribution < 1.29 is 8.78 Å². The Balaban J connectivity index is 1.74. The molecule has 0 aliphatic carbocycles. The van der Waals surface area contributed by atoms with Crippen molar-refractivity contribution in [3.05, 3.63) is 65.2 Å². The molecule has 126 valence electrons. The molecule has 4 rings (SSSR count). The second-order valence-electron chi connectivity index (χ2n) is 7.41. The van der Waals surface area contributed by atoms with Crippen LogP contribution in [0.4, 0.5) is 14.5 Å². The van der Waals surface area contributed by atoms with Gasteiger partial charge in [0.2, 0.25) is 0 Å². The van der Waals surface area contributed by atoms with Crippen molar-refractivity contribution in [3.63, 3.8) is 0 Å². The third kappa shape index (κ3) is 2.24. The molecular formula is C20H22F2N2. The van der Waals surface area contributed by atoms with Crippen LogP contribution in [0.1, 0.15) is 36.6 Å². The van der Waals surface area contributed by atoms with Crippen LogP contribution in [0.2, 0.25) is 0 Å². The third-order valence-corrected chi connectivity index (χ3v) is 5.46. The Morgan fingerprint density at radius 2 is 1.71 bits per heavy atom. The second kappa shape index (κ2) is 5.28. The third-order valence-electron chi connectivity index (χ3n) is 5.46. The molecule has 2 aromatic rings. The van der Waals surface area contributed by atoms with Crippen molar-refractivity contribution in [3.8, 4) is 0 Å². The molecule has 2 aliphatic heterocycles. The lowest BCUT2D eigenvalue weighted by atomic mass is 9.74. The molecule has 2 atom stereocenters. The van der Waals surface area contributed by atoms with E-state index >= 15 is 0 Å². The first-order chi connectivity index (χ1) is 11.4. The van der Waals surface area contributed by atoms with Crippen molar-refractivity contribution in [2.45, 2.75) is 37.8 Å². The fourth-order valence-electron chi connectivity index (χ4n) is 4.02. The van der Waals surface area contributed by atoms with Crippen LogP contribution in [0.3, 0.4) is 0 Å². The molecule has 0 aromatic heterocycles. The zero-order chi connectivity index (χ0) is 16.9. The van der Waals surface area contributed by atoms with Crippen molar-refractivity contribution in [1.29, 1.82) is 0 Å². The van der Waals surface area contributed by atoms with Gasteiger partial charge < -0.3 is 5.32 Å². The molecule has 0 amide bonds. The summed E-state index contributed by atoms with van der Waals surface area (Å²) in [7, 11) is 0. The minimum atomic E-state index is -2.89. The van der Waals surface area contributed by atoms with E-state index in [1.165, 1.54) is 5.56 Å². The molecule has 0 saturated heterocycles. The summed E-state index contributed by atoms with van der Waals surface area (Å²) in [5.41, 5.74) is 2.03. The molecule has 24 heavy (non-hydrogen) atoms. The van der Waals surface area contributed by atoms with Crippen LogP contribution in [0, 0.1) is 5.92 Å². The molecule has 2 aromatic carbocycles. The number of anilines is 1. The highest BCUT2D eigenvalue weighted by Crippen LogP contribution is 2.49. The average molecular weight is 328 g/mol. The van der Waals surface area contributed by atoms with Gasteiger partial charge in [0.1, 0.15) is 0 Å². The van der Waals surface area contributed by atoms with Gasteiger partial charge in [-0.3, -0.25) is 5.32 Å². The number of rotatable bonds is 1. The van der Waals surface area contributed by atoms with E-state index in [-0.39, 0.29) is 17.5 Å². The van der Waals surface area contributed by atoms with Gasteiger partial charge in [-0.15, -0.1) is 0 Å². The number of hydrogen-bond donors (Lipinski definition) is 2. The summed E-state index contributed by atoms with van der Waals surface area (Å²) in [5.74, 6) is -2.66. The summed E-state index contributed by atoms with van der Waals surface area (Å²) in [6, 6.07) is 15.1. The maximum atomic E-state index is 14.9. The van der Waals surface area contributed by atoms with Gasteiger partial charge in [-0.25, -0.2) is 0 Å². The summed E-state index contributed by atoms with van der Waals surface area (Å²) in [6.07, 6.45) is 0.886. The number of alkyl halides is 2. The number of fused-ring (bicyclic) bond motifs is 2. The van der Waals surface area contributed by atoms with Crippen LogP contribution in [-0.2, 0) is 12.3 Å². The van der Waals surface area contributed by atoms with E-state index in [1.807, 2.05) is 24.3 Å². The van der Waals surface area contributed by atoms with Crippen molar-refractivity contribution in [2.24, 2.45) is 5.92 Å². The molecule has 2 aliphatic rings. The van der Waals surface area contributed by atoms with Gasteiger partial charge in [-0.1, -0.05) is 42.5 Å². The van der Waals surface area contributed by atoms with Crippen molar-refractivity contribution >= 4 is 5.69 Å². The predicted octanol–water partition coefficient (Wildman–Crippen LogP) is 4.49. The molecule has 2 nitrogen and oxygen atoms in total. The largest absolute Gasteiger partial charge is 0.384 e. The van der Waals surface area contributed by atoms with Gasteiger partial charge in [0, 0.05) is 23.8 Å². The van der Waals surface area contributed by atoms with E-state index in [2.05, 4.69) is 22.8 Å². The van der Waals surface area contributed by atoms with Gasteiger partial charge in [0.05, 0.1) is 5.54 Å². The van der Waals surface area contributed by atoms with E-state index in [0.717, 1.165) is 24.2 Å². The van der Waals surface area contributed by atoms with E-state index in [0.29, 0.717) is 0 Å². The standard InChI is InChI=1S/C20H22F2N2/c1-19(2)20(21,22)16-9-5-4-8-15(16)18(24-19)14-11-13-7-3-6-10-17(13)23-12-14/h3-10,14,18,23-24H,11-12H2,1-2H3. The van der Waals surface area contributed by atoms with E-state index in [9.17, 15) is 8.78 Å². The predicted molar refractivity (Wildman–Crippen MR) is 92.4 cm³/mol. The minimum Gasteiger partial charge on any atom is -0.384 e. The lowest BCUT2D eigenvalue weighted by Gasteiger charge is -2.47. The van der Waals surface area contributed by atoms with Crippen LogP contribution in [0.15, 0.2) is 48.5 Å². The van der Waals surface area contributed by atoms with Gasteiger partial charge in [0.25, 0.3) is 5.92 Å². The number of hydrogen-bond acceptors (Lipinski definition) is 2. The smallest absolute Gasteiger partial charge is 0.290 e. The fraction of sp³-hybridized carbons (Fsp3) is 0.400. The average Bonchev–Trinajstić information content (AvgIpc) is 2.58. The van der Waals surface area contributed by atoms with Crippen LogP contribution < -0.4 is 10.6 Å². The Morgan fingerprint density at radius 1 is 1.00 bits per heavy atom. The van der Waals surface area contributed by atoms with Crippen LogP contribution >= 0.6 is 0 Å². The Kier molecular flexibility index (Phi) is 3.43. The fourth-order valence-corrected chi connectivity index (χ4v) is 4.02. The number of halogens is 2. The van der Waals surface area contributed by atoms with E-state index in [1.54, 1.807) is 26.0 Å². The van der Waals surface area contributed by atoms with E-state index in [4.69, 9.17) is 0 Å². The van der Waals surface area contributed by atoms with Crippen molar-refractivity contribution in [1.82, 2.24) is 5.32 Å².